The van der Waals surface area contributed by atoms with E-state index in [4.69, 9.17) is 23.7 Å². The minimum absolute atomic E-state index is 0.268. The lowest BCUT2D eigenvalue weighted by Crippen LogP contribution is -2.05. The first-order valence-electron chi connectivity index (χ1n) is 9.44. The van der Waals surface area contributed by atoms with Crippen molar-refractivity contribution in [1.82, 2.24) is 0 Å². The van der Waals surface area contributed by atoms with E-state index in [0.717, 1.165) is 27.8 Å². The van der Waals surface area contributed by atoms with Crippen LogP contribution in [0.4, 0.5) is 0 Å². The molecule has 0 atom stereocenters. The second-order valence-electron chi connectivity index (χ2n) is 7.69. The second-order valence-corrected chi connectivity index (χ2v) is 12.2. The van der Waals surface area contributed by atoms with Crippen molar-refractivity contribution < 1.29 is 21.4 Å². The number of hydrogen-bond acceptors (Lipinski definition) is 4. The summed E-state index contributed by atoms with van der Waals surface area (Å²) >= 11 is 0. The number of hydrogen-bond donors (Lipinski definition) is 1. The van der Waals surface area contributed by atoms with Gasteiger partial charge in [-0.25, -0.2) is 8.42 Å². The van der Waals surface area contributed by atoms with Crippen LogP contribution >= 0.6 is 21.4 Å². The first kappa shape index (κ1) is 29.9. The van der Waals surface area contributed by atoms with Gasteiger partial charge >= 0.3 is 9.33 Å². The maximum absolute atomic E-state index is 11.5. The zero-order valence-electron chi connectivity index (χ0n) is 19.7. The van der Waals surface area contributed by atoms with Gasteiger partial charge in [-0.05, 0) is 125 Å². The molecule has 2 rings (SSSR count). The summed E-state index contributed by atoms with van der Waals surface area (Å²) < 4.78 is 48.1. The molecule has 0 bridgehead atoms. The third-order valence-electron chi connectivity index (χ3n) is 5.92. The highest BCUT2D eigenvalue weighted by molar-refractivity contribution is 8.13. The maximum atomic E-state index is 11.5. The predicted octanol–water partition coefficient (Wildman–Crippen LogP) is 6.41. The maximum Gasteiger partial charge on any atom is 0.353 e. The van der Waals surface area contributed by atoms with Crippen molar-refractivity contribution >= 4 is 39.7 Å². The van der Waals surface area contributed by atoms with E-state index in [1.807, 2.05) is 20.8 Å². The Morgan fingerprint density at radius 2 is 0.774 bits per heavy atom. The zero-order chi connectivity index (χ0) is 25.1. The fraction of sp³-hybridized carbons (Fsp3) is 0.455. The summed E-state index contributed by atoms with van der Waals surface area (Å²) in [5, 5.41) is 0. The lowest BCUT2D eigenvalue weighted by atomic mass is 9.95. The molecule has 0 aliphatic rings. The summed E-state index contributed by atoms with van der Waals surface area (Å²) in [5.41, 5.74) is 11.8. The van der Waals surface area contributed by atoms with Crippen LogP contribution in [0.15, 0.2) is 11.0 Å². The molecule has 5 nitrogen and oxygen atoms in total. The third kappa shape index (κ3) is 8.73. The average Bonchev–Trinajstić information content (AvgIpc) is 2.59. The molecule has 0 aliphatic carbocycles. The fourth-order valence-electron chi connectivity index (χ4n) is 3.25. The highest BCUT2D eigenvalue weighted by Gasteiger charge is 2.21. The molecular weight excluding hydrogens is 479 g/mol. The topological polar surface area (TPSA) is 88.5 Å². The highest BCUT2D eigenvalue weighted by atomic mass is 35.7. The lowest BCUT2D eigenvalue weighted by Gasteiger charge is -2.16. The summed E-state index contributed by atoms with van der Waals surface area (Å²) in [5.74, 6) is 0. The molecule has 0 saturated carbocycles. The predicted molar refractivity (Wildman–Crippen MR) is 131 cm³/mol. The Bertz CT molecular complexity index is 1120. The van der Waals surface area contributed by atoms with Crippen molar-refractivity contribution in [1.29, 1.82) is 0 Å². The van der Waals surface area contributed by atoms with Gasteiger partial charge in [0.05, 0.1) is 4.90 Å². The minimum atomic E-state index is -4.19. The Morgan fingerprint density at radius 1 is 0.548 bits per heavy atom. The molecule has 0 amide bonds. The van der Waals surface area contributed by atoms with Crippen molar-refractivity contribution in [3.8, 4) is 0 Å². The van der Waals surface area contributed by atoms with Crippen LogP contribution in [0.2, 0.25) is 0 Å². The molecule has 31 heavy (non-hydrogen) atoms. The molecule has 0 radical (unpaired) electrons. The number of rotatable bonds is 1. The molecule has 9 heteroatoms. The van der Waals surface area contributed by atoms with Crippen molar-refractivity contribution in [2.45, 2.75) is 74.1 Å². The molecule has 0 fully saturated rings. The largest absolute Gasteiger partial charge is 0.353 e. The molecule has 0 heterocycles. The second kappa shape index (κ2) is 11.1. The quantitative estimate of drug-likeness (QED) is 0.353. The molecule has 0 unspecified atom stereocenters. The van der Waals surface area contributed by atoms with Crippen LogP contribution in [0.3, 0.4) is 0 Å². The monoisotopic (exact) mass is 510 g/mol. The number of aryl methyl sites for hydroxylation is 2. The minimum Gasteiger partial charge on any atom is -0.273 e. The van der Waals surface area contributed by atoms with Crippen LogP contribution in [0.25, 0.3) is 0 Å². The molecule has 2 aromatic rings. The number of halogens is 2. The normalized spacial score (nSPS) is 11.3. The van der Waals surface area contributed by atoms with Crippen LogP contribution < -0.4 is 0 Å². The van der Waals surface area contributed by atoms with Crippen LogP contribution in [0.1, 0.15) is 55.6 Å². The van der Waals surface area contributed by atoms with E-state index in [9.17, 15) is 8.42 Å². The van der Waals surface area contributed by atoms with E-state index in [0.29, 0.717) is 0 Å². The Labute approximate surface area is 196 Å². The van der Waals surface area contributed by atoms with Crippen molar-refractivity contribution in [2.24, 2.45) is 0 Å². The summed E-state index contributed by atoms with van der Waals surface area (Å²) in [6.45, 7) is 20.4. The first-order chi connectivity index (χ1) is 13.7. The summed E-state index contributed by atoms with van der Waals surface area (Å²) in [6.07, 6.45) is 0. The van der Waals surface area contributed by atoms with Gasteiger partial charge in [-0.2, -0.15) is 8.42 Å². The van der Waals surface area contributed by atoms with Gasteiger partial charge in [0.25, 0.3) is 9.05 Å². The van der Waals surface area contributed by atoms with Crippen molar-refractivity contribution in [3.63, 3.8) is 0 Å². The van der Waals surface area contributed by atoms with Gasteiger partial charge < -0.3 is 0 Å². The smallest absolute Gasteiger partial charge is 0.273 e. The summed E-state index contributed by atoms with van der Waals surface area (Å²) in [6, 6.07) is 2.26. The van der Waals surface area contributed by atoms with Gasteiger partial charge in [0.2, 0.25) is 0 Å². The van der Waals surface area contributed by atoms with Gasteiger partial charge in [0.1, 0.15) is 0 Å². The molecule has 0 spiro atoms. The van der Waals surface area contributed by atoms with Gasteiger partial charge in [-0.1, -0.05) is 6.07 Å². The molecule has 1 N–H and O–H groups in total. The SMILES string of the molecule is Cc1c(C)c(C)c(S(=O)(=O)Cl)c(C)c1C.Cc1cc(C)c(C)c(C)c1C.O=S(=O)(O)Cl. The molecule has 0 aliphatic heterocycles. The van der Waals surface area contributed by atoms with Gasteiger partial charge in [-0.3, -0.25) is 4.55 Å². The molecule has 0 aromatic heterocycles. The van der Waals surface area contributed by atoms with E-state index in [1.165, 1.54) is 27.8 Å². The Balaban J connectivity index is 0.000000492. The highest BCUT2D eigenvalue weighted by Crippen LogP contribution is 2.31. The van der Waals surface area contributed by atoms with Crippen molar-refractivity contribution in [3.05, 3.63) is 61.7 Å². The van der Waals surface area contributed by atoms with E-state index >= 15 is 0 Å². The first-order valence-corrected chi connectivity index (χ1v) is 14.0. The van der Waals surface area contributed by atoms with Crippen molar-refractivity contribution in [2.75, 3.05) is 0 Å². The van der Waals surface area contributed by atoms with Crippen LogP contribution in [-0.2, 0) is 18.4 Å². The molecule has 176 valence electrons. The Morgan fingerprint density at radius 3 is 1.03 bits per heavy atom. The molecule has 2 aromatic carbocycles. The van der Waals surface area contributed by atoms with Crippen LogP contribution in [-0.4, -0.2) is 21.4 Å². The van der Waals surface area contributed by atoms with E-state index in [1.54, 1.807) is 13.8 Å². The van der Waals surface area contributed by atoms with Gasteiger partial charge in [0.15, 0.2) is 0 Å². The fourth-order valence-corrected chi connectivity index (χ4v) is 4.98. The van der Waals surface area contributed by atoms with Crippen LogP contribution in [0.5, 0.6) is 0 Å². The van der Waals surface area contributed by atoms with E-state index in [-0.39, 0.29) is 4.90 Å². The third-order valence-corrected chi connectivity index (χ3v) is 7.48. The average molecular weight is 512 g/mol. The van der Waals surface area contributed by atoms with Gasteiger partial charge in [-0.15, -0.1) is 0 Å². The lowest BCUT2D eigenvalue weighted by molar-refractivity contribution is 0.501. The number of benzene rings is 2. The molecule has 0 saturated heterocycles. The zero-order valence-corrected chi connectivity index (χ0v) is 22.9. The van der Waals surface area contributed by atoms with E-state index in [2.05, 4.69) is 51.4 Å². The summed E-state index contributed by atoms with van der Waals surface area (Å²) in [4.78, 5) is 0.268. The Hall–Kier alpha value is -1.12. The van der Waals surface area contributed by atoms with E-state index < -0.39 is 18.4 Å². The van der Waals surface area contributed by atoms with Gasteiger partial charge in [0, 0.05) is 21.4 Å². The Kier molecular flexibility index (Phi) is 10.7. The standard InChI is InChI=1S/C11H15ClO2S.C11H16.ClHO3S/c1-6-7(2)9(4)11(15(12,13)14)10(5)8(6)3;1-7-6-8(2)10(4)11(5)9(7)3;1-5(2,3)4/h1-5H3;6H,1-5H3;(H,2,3,4). The summed E-state index contributed by atoms with van der Waals surface area (Å²) in [7, 11) is 1.65. The van der Waals surface area contributed by atoms with Crippen LogP contribution in [0, 0.1) is 69.2 Å². The molecular formula is C22H32Cl2O5S2.